The van der Waals surface area contributed by atoms with Gasteiger partial charge in [-0.05, 0) is 59.5 Å². The molecule has 2 aromatic carbocycles. The van der Waals surface area contributed by atoms with Crippen molar-refractivity contribution in [2.75, 3.05) is 17.6 Å². The third kappa shape index (κ3) is 6.70. The van der Waals surface area contributed by atoms with Gasteiger partial charge in [-0.1, -0.05) is 42.1 Å². The van der Waals surface area contributed by atoms with Crippen LogP contribution >= 0.6 is 11.8 Å². The summed E-state index contributed by atoms with van der Waals surface area (Å²) in [4.78, 5) is 24.3. The Morgan fingerprint density at radius 1 is 1.03 bits per heavy atom. The van der Waals surface area contributed by atoms with Gasteiger partial charge in [0, 0.05) is 24.8 Å². The van der Waals surface area contributed by atoms with E-state index in [0.717, 1.165) is 19.3 Å². The molecule has 0 spiro atoms. The molecule has 1 aromatic heterocycles. The Bertz CT molecular complexity index is 959. The first-order valence-corrected chi connectivity index (χ1v) is 10.7. The molecule has 0 radical (unpaired) electrons. The third-order valence-corrected chi connectivity index (χ3v) is 5.38. The SMILES string of the molecule is Cn1nnnc1SCC(=O)Nc1ccc(C(=O)NCCCCc2ccccc2)cc1. The van der Waals surface area contributed by atoms with Crippen LogP contribution in [0.25, 0.3) is 0 Å². The zero-order valence-electron chi connectivity index (χ0n) is 16.7. The van der Waals surface area contributed by atoms with Crippen LogP contribution in [-0.2, 0) is 18.3 Å². The van der Waals surface area contributed by atoms with E-state index in [2.05, 4.69) is 38.3 Å². The van der Waals surface area contributed by atoms with Crippen molar-refractivity contribution >= 4 is 29.3 Å². The van der Waals surface area contributed by atoms with Crippen molar-refractivity contribution in [1.29, 1.82) is 0 Å². The van der Waals surface area contributed by atoms with Gasteiger partial charge in [0.25, 0.3) is 5.91 Å². The maximum Gasteiger partial charge on any atom is 0.251 e. The van der Waals surface area contributed by atoms with E-state index in [1.54, 1.807) is 31.3 Å². The molecule has 3 aromatic rings. The van der Waals surface area contributed by atoms with Crippen molar-refractivity contribution in [3.63, 3.8) is 0 Å². The summed E-state index contributed by atoms with van der Waals surface area (Å²) in [5.74, 6) is -0.0871. The molecular weight excluding hydrogens is 400 g/mol. The van der Waals surface area contributed by atoms with Gasteiger partial charge in [-0.25, -0.2) is 4.68 Å². The number of rotatable bonds is 10. The standard InChI is InChI=1S/C21H24N6O2S/c1-27-21(24-25-26-27)30-15-19(28)23-18-12-10-17(11-13-18)20(29)22-14-6-5-9-16-7-3-2-4-8-16/h2-4,7-8,10-13H,5-6,9,14-15H2,1H3,(H,22,29)(H,23,28). The van der Waals surface area contributed by atoms with Gasteiger partial charge in [-0.15, -0.1) is 5.10 Å². The highest BCUT2D eigenvalue weighted by atomic mass is 32.2. The number of aryl methyl sites for hydroxylation is 2. The highest BCUT2D eigenvalue weighted by Crippen LogP contribution is 2.14. The minimum Gasteiger partial charge on any atom is -0.352 e. The third-order valence-electron chi connectivity index (χ3n) is 4.37. The minimum atomic E-state index is -0.168. The molecule has 156 valence electrons. The molecule has 1 heterocycles. The Kier molecular flexibility index (Phi) is 7.96. The fourth-order valence-corrected chi connectivity index (χ4v) is 3.43. The molecule has 0 aliphatic heterocycles. The van der Waals surface area contributed by atoms with Gasteiger partial charge >= 0.3 is 0 Å². The second kappa shape index (κ2) is 11.1. The lowest BCUT2D eigenvalue weighted by Crippen LogP contribution is -2.24. The molecule has 0 unspecified atom stereocenters. The Morgan fingerprint density at radius 2 is 1.80 bits per heavy atom. The molecule has 9 heteroatoms. The molecular formula is C21H24N6O2S. The van der Waals surface area contributed by atoms with E-state index in [9.17, 15) is 9.59 Å². The predicted octanol–water partition coefficient (Wildman–Crippen LogP) is 2.69. The Balaban J connectivity index is 1.36. The summed E-state index contributed by atoms with van der Waals surface area (Å²) in [6.45, 7) is 0.637. The van der Waals surface area contributed by atoms with Crippen LogP contribution in [0.15, 0.2) is 59.8 Å². The second-order valence-corrected chi connectivity index (χ2v) is 7.64. The van der Waals surface area contributed by atoms with Gasteiger partial charge < -0.3 is 10.6 Å². The van der Waals surface area contributed by atoms with Crippen molar-refractivity contribution in [2.24, 2.45) is 7.05 Å². The summed E-state index contributed by atoms with van der Waals surface area (Å²) in [5.41, 5.74) is 2.51. The number of unbranched alkanes of at least 4 members (excludes halogenated alkanes) is 1. The lowest BCUT2D eigenvalue weighted by molar-refractivity contribution is -0.113. The van der Waals surface area contributed by atoms with E-state index in [0.29, 0.717) is 23.0 Å². The maximum absolute atomic E-state index is 12.3. The zero-order chi connectivity index (χ0) is 21.2. The predicted molar refractivity (Wildman–Crippen MR) is 116 cm³/mol. The summed E-state index contributed by atoms with van der Waals surface area (Å²) in [5, 5.41) is 17.4. The Morgan fingerprint density at radius 3 is 2.50 bits per heavy atom. The van der Waals surface area contributed by atoms with E-state index in [1.807, 2.05) is 18.2 Å². The smallest absolute Gasteiger partial charge is 0.251 e. The average molecular weight is 425 g/mol. The molecule has 0 saturated carbocycles. The zero-order valence-corrected chi connectivity index (χ0v) is 17.6. The van der Waals surface area contributed by atoms with Gasteiger partial charge in [-0.3, -0.25) is 9.59 Å². The first-order valence-electron chi connectivity index (χ1n) is 9.69. The number of hydrogen-bond donors (Lipinski definition) is 2. The molecule has 2 N–H and O–H groups in total. The van der Waals surface area contributed by atoms with Crippen molar-refractivity contribution in [3.8, 4) is 0 Å². The van der Waals surface area contributed by atoms with Crippen molar-refractivity contribution in [2.45, 2.75) is 24.4 Å². The molecule has 0 aliphatic carbocycles. The van der Waals surface area contributed by atoms with Gasteiger partial charge in [0.15, 0.2) is 0 Å². The number of anilines is 1. The average Bonchev–Trinajstić information content (AvgIpc) is 3.18. The molecule has 0 aliphatic rings. The minimum absolute atomic E-state index is 0.113. The molecule has 0 fully saturated rings. The van der Waals surface area contributed by atoms with Crippen LogP contribution in [0.2, 0.25) is 0 Å². The topological polar surface area (TPSA) is 102 Å². The lowest BCUT2D eigenvalue weighted by Gasteiger charge is -2.08. The van der Waals surface area contributed by atoms with Crippen LogP contribution < -0.4 is 10.6 Å². The van der Waals surface area contributed by atoms with E-state index < -0.39 is 0 Å². The number of nitrogens with one attached hydrogen (secondary N) is 2. The first-order chi connectivity index (χ1) is 14.6. The van der Waals surface area contributed by atoms with Gasteiger partial charge in [0.2, 0.25) is 11.1 Å². The molecule has 30 heavy (non-hydrogen) atoms. The van der Waals surface area contributed by atoms with Crippen molar-refractivity contribution in [1.82, 2.24) is 25.5 Å². The molecule has 0 bridgehead atoms. The van der Waals surface area contributed by atoms with Crippen LogP contribution in [0, 0.1) is 0 Å². The van der Waals surface area contributed by atoms with Crippen molar-refractivity contribution in [3.05, 3.63) is 65.7 Å². The number of aromatic nitrogens is 4. The second-order valence-electron chi connectivity index (χ2n) is 6.70. The van der Waals surface area contributed by atoms with Gasteiger partial charge in [0.1, 0.15) is 0 Å². The number of thioether (sulfide) groups is 1. The highest BCUT2D eigenvalue weighted by Gasteiger charge is 2.09. The Hall–Kier alpha value is -3.20. The van der Waals surface area contributed by atoms with Crippen molar-refractivity contribution < 1.29 is 9.59 Å². The van der Waals surface area contributed by atoms with Gasteiger partial charge in [0.05, 0.1) is 5.75 Å². The molecule has 0 saturated heterocycles. The van der Waals surface area contributed by atoms with Crippen LogP contribution in [0.5, 0.6) is 0 Å². The number of carbonyl (C=O) groups excluding carboxylic acids is 2. The van der Waals surface area contributed by atoms with Crippen LogP contribution in [0.1, 0.15) is 28.8 Å². The summed E-state index contributed by atoms with van der Waals surface area (Å²) >= 11 is 1.25. The largest absolute Gasteiger partial charge is 0.352 e. The summed E-state index contributed by atoms with van der Waals surface area (Å²) in [6, 6.07) is 17.2. The number of nitrogens with zero attached hydrogens (tertiary/aromatic N) is 4. The molecule has 2 amide bonds. The molecule has 3 rings (SSSR count). The summed E-state index contributed by atoms with van der Waals surface area (Å²) in [7, 11) is 1.72. The maximum atomic E-state index is 12.3. The number of benzene rings is 2. The fraction of sp³-hybridized carbons (Fsp3) is 0.286. The van der Waals surface area contributed by atoms with E-state index in [4.69, 9.17) is 0 Å². The van der Waals surface area contributed by atoms with E-state index >= 15 is 0 Å². The van der Waals surface area contributed by atoms with Gasteiger partial charge in [-0.2, -0.15) is 0 Å². The highest BCUT2D eigenvalue weighted by molar-refractivity contribution is 7.99. The normalized spacial score (nSPS) is 10.6. The summed E-state index contributed by atoms with van der Waals surface area (Å²) < 4.78 is 1.51. The van der Waals surface area contributed by atoms with Crippen LogP contribution in [0.4, 0.5) is 5.69 Å². The van der Waals surface area contributed by atoms with E-state index in [-0.39, 0.29) is 17.6 Å². The summed E-state index contributed by atoms with van der Waals surface area (Å²) in [6.07, 6.45) is 2.96. The number of carbonyl (C=O) groups is 2. The quantitative estimate of drug-likeness (QED) is 0.383. The number of tetrazole rings is 1. The van der Waals surface area contributed by atoms with E-state index in [1.165, 1.54) is 22.0 Å². The monoisotopic (exact) mass is 424 g/mol. The van der Waals surface area contributed by atoms with Crippen LogP contribution in [0.3, 0.4) is 0 Å². The molecule has 8 nitrogen and oxygen atoms in total. The number of hydrogen-bond acceptors (Lipinski definition) is 6. The lowest BCUT2D eigenvalue weighted by atomic mass is 10.1. The Labute approximate surface area is 179 Å². The fourth-order valence-electron chi connectivity index (χ4n) is 2.78. The van der Waals surface area contributed by atoms with Crippen LogP contribution in [-0.4, -0.2) is 44.3 Å². The first kappa shape index (κ1) is 21.5. The molecule has 0 atom stereocenters. The number of amides is 2.